The zero-order chi connectivity index (χ0) is 20.4. The van der Waals surface area contributed by atoms with Crippen LogP contribution in [0, 0.1) is 11.3 Å². The third-order valence-corrected chi connectivity index (χ3v) is 6.09. The van der Waals surface area contributed by atoms with Crippen LogP contribution in [0.1, 0.15) is 24.8 Å². The van der Waals surface area contributed by atoms with E-state index in [0.29, 0.717) is 37.4 Å². The fourth-order valence-corrected chi connectivity index (χ4v) is 4.34. The smallest absolute Gasteiger partial charge is 0.251 e. The van der Waals surface area contributed by atoms with Crippen molar-refractivity contribution in [2.75, 3.05) is 25.1 Å². The third kappa shape index (κ3) is 3.39. The van der Waals surface area contributed by atoms with Gasteiger partial charge in [0.2, 0.25) is 5.91 Å². The van der Waals surface area contributed by atoms with Crippen LogP contribution in [0.2, 0.25) is 0 Å². The molecule has 0 saturated carbocycles. The largest absolute Gasteiger partial charge is 0.497 e. The minimum Gasteiger partial charge on any atom is -0.497 e. The molecule has 0 N–H and O–H groups in total. The maximum absolute atomic E-state index is 13.0. The highest BCUT2D eigenvalue weighted by atomic mass is 16.5. The first-order valence-corrected chi connectivity index (χ1v) is 9.80. The Balaban J connectivity index is 1.48. The van der Waals surface area contributed by atoms with Crippen LogP contribution in [-0.4, -0.2) is 43.0 Å². The number of amides is 2. The molecule has 6 nitrogen and oxygen atoms in total. The first kappa shape index (κ1) is 19.2. The molecule has 148 valence electrons. The number of carbonyl (C=O) groups excluding carboxylic acids is 2. The molecule has 2 heterocycles. The SMILES string of the molecule is COc1ccc(N2C(=O)C[C@H](N3CCC(C#N)(c4ccccc4)CC3)C2=O)cc1. The highest BCUT2D eigenvalue weighted by Crippen LogP contribution is 2.37. The fraction of sp³-hybridized carbons (Fsp3) is 0.348. The van der Waals surface area contributed by atoms with Crippen molar-refractivity contribution in [3.05, 3.63) is 60.2 Å². The lowest BCUT2D eigenvalue weighted by Gasteiger charge is -2.39. The van der Waals surface area contributed by atoms with E-state index in [0.717, 1.165) is 5.56 Å². The number of piperidine rings is 1. The third-order valence-electron chi connectivity index (χ3n) is 6.09. The summed E-state index contributed by atoms with van der Waals surface area (Å²) in [6.45, 7) is 1.23. The van der Waals surface area contributed by atoms with E-state index >= 15 is 0 Å². The summed E-state index contributed by atoms with van der Waals surface area (Å²) in [6.07, 6.45) is 1.47. The second-order valence-corrected chi connectivity index (χ2v) is 7.58. The second kappa shape index (κ2) is 7.69. The Hall–Kier alpha value is -3.17. The molecular formula is C23H23N3O3. The van der Waals surface area contributed by atoms with Gasteiger partial charge in [0, 0.05) is 13.1 Å². The van der Waals surface area contributed by atoms with Gasteiger partial charge in [-0.15, -0.1) is 0 Å². The second-order valence-electron chi connectivity index (χ2n) is 7.58. The number of anilines is 1. The number of likely N-dealkylation sites (tertiary alicyclic amines) is 1. The van der Waals surface area contributed by atoms with Crippen molar-refractivity contribution in [1.29, 1.82) is 5.26 Å². The first-order chi connectivity index (χ1) is 14.1. The van der Waals surface area contributed by atoms with Gasteiger partial charge in [0.15, 0.2) is 0 Å². The highest BCUT2D eigenvalue weighted by molar-refractivity contribution is 6.22. The minimum absolute atomic E-state index is 0.176. The molecule has 0 unspecified atom stereocenters. The lowest BCUT2D eigenvalue weighted by atomic mass is 9.74. The van der Waals surface area contributed by atoms with Gasteiger partial charge in [-0.1, -0.05) is 30.3 Å². The van der Waals surface area contributed by atoms with Crippen molar-refractivity contribution < 1.29 is 14.3 Å². The van der Waals surface area contributed by atoms with Crippen molar-refractivity contribution in [2.24, 2.45) is 0 Å². The monoisotopic (exact) mass is 389 g/mol. The topological polar surface area (TPSA) is 73.6 Å². The Kier molecular flexibility index (Phi) is 5.08. The summed E-state index contributed by atoms with van der Waals surface area (Å²) in [5.74, 6) is 0.295. The summed E-state index contributed by atoms with van der Waals surface area (Å²) >= 11 is 0. The van der Waals surface area contributed by atoms with E-state index in [1.165, 1.54) is 4.90 Å². The molecule has 29 heavy (non-hydrogen) atoms. The zero-order valence-electron chi connectivity index (χ0n) is 16.4. The number of nitriles is 1. The maximum atomic E-state index is 13.0. The molecule has 0 aromatic heterocycles. The summed E-state index contributed by atoms with van der Waals surface area (Å²) in [7, 11) is 1.57. The fourth-order valence-electron chi connectivity index (χ4n) is 4.34. The molecule has 4 rings (SSSR count). The van der Waals surface area contributed by atoms with Crippen molar-refractivity contribution >= 4 is 17.5 Å². The van der Waals surface area contributed by atoms with Gasteiger partial charge in [0.1, 0.15) is 5.75 Å². The molecule has 0 bridgehead atoms. The number of hydrogen-bond acceptors (Lipinski definition) is 5. The van der Waals surface area contributed by atoms with Crippen LogP contribution in [0.15, 0.2) is 54.6 Å². The van der Waals surface area contributed by atoms with E-state index in [2.05, 4.69) is 11.0 Å². The van der Waals surface area contributed by atoms with Gasteiger partial charge in [0.05, 0.1) is 36.7 Å². The summed E-state index contributed by atoms with van der Waals surface area (Å²) in [4.78, 5) is 29.0. The Morgan fingerprint density at radius 2 is 1.69 bits per heavy atom. The predicted molar refractivity (Wildman–Crippen MR) is 108 cm³/mol. The predicted octanol–water partition coefficient (Wildman–Crippen LogP) is 2.88. The average molecular weight is 389 g/mol. The normalized spacial score (nSPS) is 21.8. The van der Waals surface area contributed by atoms with E-state index < -0.39 is 11.5 Å². The van der Waals surface area contributed by atoms with Crippen LogP contribution in [0.4, 0.5) is 5.69 Å². The number of carbonyl (C=O) groups is 2. The lowest BCUT2D eigenvalue weighted by Crippen LogP contribution is -2.49. The van der Waals surface area contributed by atoms with Crippen LogP contribution in [0.25, 0.3) is 0 Å². The van der Waals surface area contributed by atoms with Gasteiger partial charge in [-0.3, -0.25) is 14.5 Å². The van der Waals surface area contributed by atoms with Crippen molar-refractivity contribution in [3.8, 4) is 11.8 Å². The summed E-state index contributed by atoms with van der Waals surface area (Å²) < 4.78 is 5.15. The quantitative estimate of drug-likeness (QED) is 0.752. The average Bonchev–Trinajstić information content (AvgIpc) is 3.08. The Bertz CT molecular complexity index is 942. The van der Waals surface area contributed by atoms with E-state index in [1.807, 2.05) is 30.3 Å². The Morgan fingerprint density at radius 3 is 2.28 bits per heavy atom. The molecule has 2 saturated heterocycles. The van der Waals surface area contributed by atoms with Crippen molar-refractivity contribution in [3.63, 3.8) is 0 Å². The molecule has 0 spiro atoms. The van der Waals surface area contributed by atoms with Gasteiger partial charge in [-0.25, -0.2) is 4.90 Å². The number of ether oxygens (including phenoxy) is 1. The number of imide groups is 1. The van der Waals surface area contributed by atoms with Crippen LogP contribution < -0.4 is 9.64 Å². The molecule has 6 heteroatoms. The Labute approximate surface area is 170 Å². The van der Waals surface area contributed by atoms with Crippen LogP contribution in [-0.2, 0) is 15.0 Å². The van der Waals surface area contributed by atoms with Gasteiger partial charge in [-0.2, -0.15) is 5.26 Å². The van der Waals surface area contributed by atoms with Crippen molar-refractivity contribution in [1.82, 2.24) is 4.90 Å². The van der Waals surface area contributed by atoms with Gasteiger partial charge < -0.3 is 4.74 Å². The molecular weight excluding hydrogens is 366 g/mol. The maximum Gasteiger partial charge on any atom is 0.251 e. The van der Waals surface area contributed by atoms with Crippen LogP contribution >= 0.6 is 0 Å². The number of nitrogens with zero attached hydrogens (tertiary/aromatic N) is 3. The molecule has 2 aliphatic heterocycles. The zero-order valence-corrected chi connectivity index (χ0v) is 16.4. The molecule has 0 aliphatic carbocycles. The molecule has 0 radical (unpaired) electrons. The summed E-state index contributed by atoms with van der Waals surface area (Å²) in [5.41, 5.74) is 1.06. The number of benzene rings is 2. The minimum atomic E-state index is -0.529. The van der Waals surface area contributed by atoms with E-state index in [4.69, 9.17) is 4.74 Å². The standard InChI is InChI=1S/C23H23N3O3/c1-29-19-9-7-18(8-10-19)26-21(27)15-20(22(26)28)25-13-11-23(16-24,12-14-25)17-5-3-2-4-6-17/h2-10,20H,11-15H2,1H3/t20-/m0/s1. The van der Waals surface area contributed by atoms with E-state index in [9.17, 15) is 14.9 Å². The summed E-state index contributed by atoms with van der Waals surface area (Å²) in [6, 6.07) is 18.8. The molecule has 1 atom stereocenters. The number of rotatable bonds is 4. The van der Waals surface area contributed by atoms with Gasteiger partial charge in [-0.05, 0) is 42.7 Å². The number of methoxy groups -OCH3 is 1. The van der Waals surface area contributed by atoms with Gasteiger partial charge in [0.25, 0.3) is 5.91 Å². The molecule has 2 amide bonds. The van der Waals surface area contributed by atoms with E-state index in [-0.39, 0.29) is 18.2 Å². The van der Waals surface area contributed by atoms with Crippen molar-refractivity contribution in [2.45, 2.75) is 30.7 Å². The Morgan fingerprint density at radius 1 is 1.03 bits per heavy atom. The summed E-state index contributed by atoms with van der Waals surface area (Å²) in [5, 5.41) is 9.87. The highest BCUT2D eigenvalue weighted by Gasteiger charge is 2.46. The molecule has 2 aromatic carbocycles. The number of hydrogen-bond donors (Lipinski definition) is 0. The molecule has 2 fully saturated rings. The molecule has 2 aromatic rings. The van der Waals surface area contributed by atoms with Gasteiger partial charge >= 0.3 is 0 Å². The van der Waals surface area contributed by atoms with E-state index in [1.54, 1.807) is 31.4 Å². The first-order valence-electron chi connectivity index (χ1n) is 9.80. The molecule has 2 aliphatic rings. The van der Waals surface area contributed by atoms with Crippen LogP contribution in [0.5, 0.6) is 5.75 Å². The van der Waals surface area contributed by atoms with Crippen LogP contribution in [0.3, 0.4) is 0 Å². The lowest BCUT2D eigenvalue weighted by molar-refractivity contribution is -0.123.